The maximum atomic E-state index is 12.8. The summed E-state index contributed by atoms with van der Waals surface area (Å²) in [5.41, 5.74) is 5.05. The molecule has 0 unspecified atom stereocenters. The van der Waals surface area contributed by atoms with Crippen LogP contribution in [0.5, 0.6) is 0 Å². The highest BCUT2D eigenvalue weighted by Crippen LogP contribution is 2.31. The van der Waals surface area contributed by atoms with Gasteiger partial charge < -0.3 is 10.6 Å². The van der Waals surface area contributed by atoms with Gasteiger partial charge >= 0.3 is 6.18 Å². The van der Waals surface area contributed by atoms with Gasteiger partial charge in [0.15, 0.2) is 0 Å². The minimum Gasteiger partial charge on any atom is -0.339 e. The molecule has 1 saturated heterocycles. The van der Waals surface area contributed by atoms with E-state index in [0.29, 0.717) is 29.5 Å². The zero-order chi connectivity index (χ0) is 14.9. The van der Waals surface area contributed by atoms with E-state index in [0.717, 1.165) is 12.1 Å². The van der Waals surface area contributed by atoms with Crippen LogP contribution in [0.2, 0.25) is 0 Å². The van der Waals surface area contributed by atoms with E-state index in [-0.39, 0.29) is 17.5 Å². The third-order valence-electron chi connectivity index (χ3n) is 3.30. The number of nitrogens with two attached hydrogens (primary N) is 1. The second-order valence-electron chi connectivity index (χ2n) is 4.86. The zero-order valence-corrected chi connectivity index (χ0v) is 12.7. The Kier molecular flexibility index (Phi) is 4.58. The number of piperidine rings is 1. The van der Waals surface area contributed by atoms with E-state index < -0.39 is 11.7 Å². The Morgan fingerprint density at radius 2 is 1.85 bits per heavy atom. The smallest absolute Gasteiger partial charge is 0.339 e. The van der Waals surface area contributed by atoms with Crippen LogP contribution < -0.4 is 5.73 Å². The summed E-state index contributed by atoms with van der Waals surface area (Å²) in [4.78, 5) is 13.8. The van der Waals surface area contributed by atoms with Crippen molar-refractivity contribution in [3.05, 3.63) is 32.9 Å². The molecule has 1 aromatic rings. The molecule has 110 valence electrons. The lowest BCUT2D eigenvalue weighted by Crippen LogP contribution is -2.42. The van der Waals surface area contributed by atoms with Crippen LogP contribution in [-0.2, 0) is 6.18 Å². The predicted molar refractivity (Wildman–Crippen MR) is 77.3 cm³/mol. The molecule has 0 bridgehead atoms. The number of nitrogens with zero attached hydrogens (tertiary/aromatic N) is 1. The average molecular weight is 398 g/mol. The van der Waals surface area contributed by atoms with Crippen LogP contribution in [0, 0.1) is 3.57 Å². The van der Waals surface area contributed by atoms with Crippen LogP contribution in [0.4, 0.5) is 13.2 Å². The quantitative estimate of drug-likeness (QED) is 0.740. The van der Waals surface area contributed by atoms with E-state index in [1.54, 1.807) is 27.5 Å². The van der Waals surface area contributed by atoms with Gasteiger partial charge in [0, 0.05) is 28.3 Å². The number of carbonyl (C=O) groups excluding carboxylic acids is 1. The first kappa shape index (κ1) is 15.6. The number of amides is 1. The molecule has 0 spiro atoms. The summed E-state index contributed by atoms with van der Waals surface area (Å²) in [7, 11) is 0. The molecule has 2 N–H and O–H groups in total. The van der Waals surface area contributed by atoms with E-state index in [9.17, 15) is 18.0 Å². The van der Waals surface area contributed by atoms with E-state index >= 15 is 0 Å². The monoisotopic (exact) mass is 398 g/mol. The number of hydrogen-bond acceptors (Lipinski definition) is 2. The summed E-state index contributed by atoms with van der Waals surface area (Å²) in [6.07, 6.45) is -3.08. The van der Waals surface area contributed by atoms with Crippen LogP contribution in [0.1, 0.15) is 28.8 Å². The van der Waals surface area contributed by atoms with Gasteiger partial charge in [0.05, 0.1) is 5.56 Å². The number of likely N-dealkylation sites (tertiary alicyclic amines) is 1. The van der Waals surface area contributed by atoms with Gasteiger partial charge in [-0.15, -0.1) is 0 Å². The predicted octanol–water partition coefficient (Wildman–Crippen LogP) is 2.87. The maximum absolute atomic E-state index is 12.8. The Morgan fingerprint density at radius 3 is 2.40 bits per heavy atom. The first-order valence-corrected chi connectivity index (χ1v) is 7.28. The number of hydrogen-bond donors (Lipinski definition) is 1. The van der Waals surface area contributed by atoms with Crippen molar-refractivity contribution in [1.29, 1.82) is 0 Å². The van der Waals surface area contributed by atoms with Crippen molar-refractivity contribution in [3.8, 4) is 0 Å². The normalized spacial score (nSPS) is 17.4. The summed E-state index contributed by atoms with van der Waals surface area (Å²) in [6.45, 7) is 0.986. The van der Waals surface area contributed by atoms with Gasteiger partial charge in [-0.05, 0) is 53.6 Å². The third kappa shape index (κ3) is 3.63. The highest BCUT2D eigenvalue weighted by molar-refractivity contribution is 14.1. The molecule has 1 aliphatic rings. The van der Waals surface area contributed by atoms with Gasteiger partial charge in [0.25, 0.3) is 5.91 Å². The highest BCUT2D eigenvalue weighted by atomic mass is 127. The summed E-state index contributed by atoms with van der Waals surface area (Å²) < 4.78 is 38.7. The first-order chi connectivity index (χ1) is 9.27. The molecule has 1 fully saturated rings. The Morgan fingerprint density at radius 1 is 1.25 bits per heavy atom. The second-order valence-corrected chi connectivity index (χ2v) is 6.10. The molecule has 3 nitrogen and oxygen atoms in total. The van der Waals surface area contributed by atoms with Crippen molar-refractivity contribution in [1.82, 2.24) is 4.90 Å². The molecule has 0 radical (unpaired) electrons. The van der Waals surface area contributed by atoms with Crippen LogP contribution in [0.15, 0.2) is 18.2 Å². The molecule has 0 atom stereocenters. The van der Waals surface area contributed by atoms with E-state index in [4.69, 9.17) is 5.73 Å². The SMILES string of the molecule is NC1CCN(C(=O)c2cc(I)cc(C(F)(F)F)c2)CC1. The Hall–Kier alpha value is -0.830. The van der Waals surface area contributed by atoms with E-state index in [1.807, 2.05) is 0 Å². The van der Waals surface area contributed by atoms with Crippen LogP contribution in [-0.4, -0.2) is 29.9 Å². The maximum Gasteiger partial charge on any atom is 0.416 e. The molecular formula is C13H14F3IN2O. The highest BCUT2D eigenvalue weighted by Gasteiger charge is 2.32. The first-order valence-electron chi connectivity index (χ1n) is 6.20. The number of benzene rings is 1. The molecule has 0 aromatic heterocycles. The third-order valence-corrected chi connectivity index (χ3v) is 3.92. The molecular weight excluding hydrogens is 384 g/mol. The molecule has 1 aliphatic heterocycles. The fraction of sp³-hybridized carbons (Fsp3) is 0.462. The molecule has 2 rings (SSSR count). The molecule has 20 heavy (non-hydrogen) atoms. The minimum atomic E-state index is -4.44. The van der Waals surface area contributed by atoms with Gasteiger partial charge in [0.2, 0.25) is 0 Å². The van der Waals surface area contributed by atoms with Crippen molar-refractivity contribution < 1.29 is 18.0 Å². The number of carbonyl (C=O) groups is 1. The number of halogens is 4. The average Bonchev–Trinajstić information content (AvgIpc) is 2.37. The molecule has 0 saturated carbocycles. The van der Waals surface area contributed by atoms with Crippen LogP contribution in [0.3, 0.4) is 0 Å². The number of rotatable bonds is 1. The van der Waals surface area contributed by atoms with Crippen molar-refractivity contribution >= 4 is 28.5 Å². The van der Waals surface area contributed by atoms with Crippen molar-refractivity contribution in [3.63, 3.8) is 0 Å². The lowest BCUT2D eigenvalue weighted by Gasteiger charge is -2.30. The van der Waals surface area contributed by atoms with Gasteiger partial charge in [-0.25, -0.2) is 0 Å². The van der Waals surface area contributed by atoms with Crippen LogP contribution in [0.25, 0.3) is 0 Å². The molecule has 7 heteroatoms. The fourth-order valence-corrected chi connectivity index (χ4v) is 2.83. The lowest BCUT2D eigenvalue weighted by molar-refractivity contribution is -0.137. The summed E-state index contributed by atoms with van der Waals surface area (Å²) in [6, 6.07) is 3.50. The summed E-state index contributed by atoms with van der Waals surface area (Å²) in [5, 5.41) is 0. The topological polar surface area (TPSA) is 46.3 Å². The molecule has 1 aromatic carbocycles. The summed E-state index contributed by atoms with van der Waals surface area (Å²) >= 11 is 1.79. The van der Waals surface area contributed by atoms with Gasteiger partial charge in [-0.2, -0.15) is 13.2 Å². The Labute approximate surface area is 128 Å². The van der Waals surface area contributed by atoms with E-state index in [1.165, 1.54) is 6.07 Å². The second kappa shape index (κ2) is 5.88. The van der Waals surface area contributed by atoms with Gasteiger partial charge in [0.1, 0.15) is 0 Å². The van der Waals surface area contributed by atoms with Crippen molar-refractivity contribution in [2.75, 3.05) is 13.1 Å². The van der Waals surface area contributed by atoms with E-state index in [2.05, 4.69) is 0 Å². The minimum absolute atomic E-state index is 0.0701. The lowest BCUT2D eigenvalue weighted by atomic mass is 10.0. The number of alkyl halides is 3. The fourth-order valence-electron chi connectivity index (χ4n) is 2.16. The molecule has 1 heterocycles. The van der Waals surface area contributed by atoms with Gasteiger partial charge in [-0.3, -0.25) is 4.79 Å². The molecule has 1 amide bonds. The Balaban J connectivity index is 2.24. The van der Waals surface area contributed by atoms with Crippen molar-refractivity contribution in [2.24, 2.45) is 5.73 Å². The van der Waals surface area contributed by atoms with Crippen LogP contribution >= 0.6 is 22.6 Å². The standard InChI is InChI=1S/C13H14F3IN2O/c14-13(15,16)9-5-8(6-10(17)7-9)12(20)19-3-1-11(18)2-4-19/h5-7,11H,1-4,18H2. The largest absolute Gasteiger partial charge is 0.416 e. The molecule has 0 aliphatic carbocycles. The Bertz CT molecular complexity index is 511. The van der Waals surface area contributed by atoms with Crippen molar-refractivity contribution in [2.45, 2.75) is 25.1 Å². The zero-order valence-electron chi connectivity index (χ0n) is 10.6. The summed E-state index contributed by atoms with van der Waals surface area (Å²) in [5.74, 6) is -0.360. The van der Waals surface area contributed by atoms with Gasteiger partial charge in [-0.1, -0.05) is 0 Å².